The highest BCUT2D eigenvalue weighted by Gasteiger charge is 2.26. The number of aryl methyl sites for hydroxylation is 1. The molecule has 1 aliphatic heterocycles. The first kappa shape index (κ1) is 21.7. The summed E-state index contributed by atoms with van der Waals surface area (Å²) in [5, 5.41) is 2.88. The van der Waals surface area contributed by atoms with Crippen molar-refractivity contribution in [1.82, 2.24) is 15.1 Å². The molecule has 2 aromatic rings. The maximum Gasteiger partial charge on any atom is 0.254 e. The minimum atomic E-state index is -0.148. The Morgan fingerprint density at radius 3 is 2.17 bits per heavy atom. The number of carbonyl (C=O) groups excluding carboxylic acids is 3. The van der Waals surface area contributed by atoms with Gasteiger partial charge in [-0.25, -0.2) is 0 Å². The highest BCUT2D eigenvalue weighted by atomic mass is 16.2. The average Bonchev–Trinajstić information content (AvgIpc) is 2.78. The number of hydrogen-bond acceptors (Lipinski definition) is 4. The fourth-order valence-electron chi connectivity index (χ4n) is 3.53. The molecule has 1 N–H and O–H groups in total. The monoisotopic (exact) mass is 407 g/mol. The lowest BCUT2D eigenvalue weighted by Gasteiger charge is -2.34. The number of benzene rings is 2. The van der Waals surface area contributed by atoms with Gasteiger partial charge in [-0.05, 0) is 19.4 Å². The van der Waals surface area contributed by atoms with Gasteiger partial charge in [-0.15, -0.1) is 0 Å². The van der Waals surface area contributed by atoms with Crippen molar-refractivity contribution in [2.24, 2.45) is 0 Å². The van der Waals surface area contributed by atoms with E-state index in [-0.39, 0.29) is 17.6 Å². The van der Waals surface area contributed by atoms with Gasteiger partial charge in [0.25, 0.3) is 5.91 Å². The topological polar surface area (TPSA) is 69.7 Å². The molecule has 0 saturated carbocycles. The van der Waals surface area contributed by atoms with Crippen molar-refractivity contribution in [3.05, 3.63) is 70.8 Å². The molecule has 3 rings (SSSR count). The molecule has 0 bridgehead atoms. The van der Waals surface area contributed by atoms with Crippen molar-refractivity contribution in [3.8, 4) is 0 Å². The highest BCUT2D eigenvalue weighted by Crippen LogP contribution is 2.18. The van der Waals surface area contributed by atoms with Gasteiger partial charge in [-0.2, -0.15) is 0 Å². The minimum Gasteiger partial charge on any atom is -0.355 e. The fourth-order valence-corrected chi connectivity index (χ4v) is 3.53. The smallest absolute Gasteiger partial charge is 0.254 e. The predicted molar refractivity (Wildman–Crippen MR) is 117 cm³/mol. The van der Waals surface area contributed by atoms with Crippen molar-refractivity contribution in [1.29, 1.82) is 0 Å². The Kier molecular flexibility index (Phi) is 7.36. The lowest BCUT2D eigenvalue weighted by Crippen LogP contribution is -2.51. The second kappa shape index (κ2) is 10.2. The quantitative estimate of drug-likeness (QED) is 0.716. The summed E-state index contributed by atoms with van der Waals surface area (Å²) in [4.78, 5) is 41.9. The molecule has 0 atom stereocenters. The zero-order valence-corrected chi connectivity index (χ0v) is 17.7. The Hall–Kier alpha value is -2.99. The third kappa shape index (κ3) is 5.33. The molecular formula is C24H29N3O3. The van der Waals surface area contributed by atoms with Crippen molar-refractivity contribution in [3.63, 3.8) is 0 Å². The lowest BCUT2D eigenvalue weighted by molar-refractivity contribution is -0.122. The van der Waals surface area contributed by atoms with Gasteiger partial charge >= 0.3 is 0 Å². The summed E-state index contributed by atoms with van der Waals surface area (Å²) < 4.78 is 0. The normalized spacial score (nSPS) is 14.4. The molecular weight excluding hydrogens is 378 g/mol. The Balaban J connectivity index is 1.66. The number of nitrogens with zero attached hydrogens (tertiary/aromatic N) is 2. The van der Waals surface area contributed by atoms with Crippen molar-refractivity contribution in [2.75, 3.05) is 39.3 Å². The van der Waals surface area contributed by atoms with Crippen LogP contribution in [0.1, 0.15) is 45.2 Å². The molecule has 2 amide bonds. The van der Waals surface area contributed by atoms with Crippen LogP contribution in [0, 0.1) is 6.92 Å². The molecule has 0 unspecified atom stereocenters. The minimum absolute atomic E-state index is 0.0191. The van der Waals surface area contributed by atoms with Crippen LogP contribution in [0.5, 0.6) is 0 Å². The Labute approximate surface area is 177 Å². The van der Waals surface area contributed by atoms with Crippen molar-refractivity contribution >= 4 is 17.6 Å². The summed E-state index contributed by atoms with van der Waals surface area (Å²) in [5.74, 6) is -0.267. The maximum atomic E-state index is 13.2. The van der Waals surface area contributed by atoms with Gasteiger partial charge in [0.1, 0.15) is 0 Å². The second-order valence-electron chi connectivity index (χ2n) is 7.66. The summed E-state index contributed by atoms with van der Waals surface area (Å²) in [7, 11) is 0. The third-order valence-electron chi connectivity index (χ3n) is 5.31. The van der Waals surface area contributed by atoms with Crippen LogP contribution >= 0.6 is 0 Å². The molecule has 1 saturated heterocycles. The summed E-state index contributed by atoms with van der Waals surface area (Å²) in [6.07, 6.45) is 0.911. The van der Waals surface area contributed by atoms with Crippen molar-refractivity contribution < 1.29 is 14.4 Å². The van der Waals surface area contributed by atoms with Crippen LogP contribution in [0.3, 0.4) is 0 Å². The molecule has 0 aromatic heterocycles. The van der Waals surface area contributed by atoms with Crippen molar-refractivity contribution in [2.45, 2.75) is 20.3 Å². The molecule has 30 heavy (non-hydrogen) atoms. The third-order valence-corrected chi connectivity index (χ3v) is 5.31. The molecule has 1 fully saturated rings. The Morgan fingerprint density at radius 2 is 1.53 bits per heavy atom. The van der Waals surface area contributed by atoms with Gasteiger partial charge < -0.3 is 10.2 Å². The van der Waals surface area contributed by atoms with Gasteiger partial charge in [0.05, 0.1) is 12.1 Å². The van der Waals surface area contributed by atoms with E-state index in [0.29, 0.717) is 56.0 Å². The first-order valence-electron chi connectivity index (χ1n) is 10.5. The number of rotatable bonds is 7. The van der Waals surface area contributed by atoms with Crippen LogP contribution in [0.4, 0.5) is 0 Å². The first-order chi connectivity index (χ1) is 14.5. The van der Waals surface area contributed by atoms with Crippen LogP contribution in [-0.2, 0) is 4.79 Å². The van der Waals surface area contributed by atoms with Gasteiger partial charge in [0.15, 0.2) is 5.78 Å². The average molecular weight is 408 g/mol. The standard InChI is InChI=1S/C24H29N3O3/c1-3-12-25-22(28)17-26-13-15-27(16-14-26)24(30)21-7-5-4-6-20(21)23(29)19-10-8-18(2)9-11-19/h4-11H,3,12-17H2,1-2H3,(H,25,28). The van der Waals surface area contributed by atoms with E-state index < -0.39 is 0 Å². The SMILES string of the molecule is CCCNC(=O)CN1CCN(C(=O)c2ccccc2C(=O)c2ccc(C)cc2)CC1. The van der Waals surface area contributed by atoms with E-state index in [4.69, 9.17) is 0 Å². The largest absolute Gasteiger partial charge is 0.355 e. The van der Waals surface area contributed by atoms with E-state index in [0.717, 1.165) is 12.0 Å². The molecule has 158 valence electrons. The second-order valence-corrected chi connectivity index (χ2v) is 7.66. The molecule has 1 heterocycles. The van der Waals surface area contributed by atoms with E-state index in [1.54, 1.807) is 41.3 Å². The maximum absolute atomic E-state index is 13.2. The van der Waals surface area contributed by atoms with Gasteiger partial charge in [0.2, 0.25) is 5.91 Å². The molecule has 0 spiro atoms. The van der Waals surface area contributed by atoms with Gasteiger partial charge in [-0.3, -0.25) is 19.3 Å². The van der Waals surface area contributed by atoms with Crippen LogP contribution in [0.25, 0.3) is 0 Å². The summed E-state index contributed by atoms with van der Waals surface area (Å²) in [6.45, 7) is 7.37. The molecule has 6 heteroatoms. The van der Waals surface area contributed by atoms with Crippen LogP contribution < -0.4 is 5.32 Å². The summed E-state index contributed by atoms with van der Waals surface area (Å²) in [6, 6.07) is 14.4. The van der Waals surface area contributed by atoms with Crippen LogP contribution in [0.2, 0.25) is 0 Å². The zero-order valence-electron chi connectivity index (χ0n) is 17.7. The van der Waals surface area contributed by atoms with Crippen LogP contribution in [0.15, 0.2) is 48.5 Å². The summed E-state index contributed by atoms with van der Waals surface area (Å²) >= 11 is 0. The van der Waals surface area contributed by atoms with Gasteiger partial charge in [0, 0.05) is 43.9 Å². The molecule has 1 aliphatic rings. The fraction of sp³-hybridized carbons (Fsp3) is 0.375. The van der Waals surface area contributed by atoms with E-state index >= 15 is 0 Å². The van der Waals surface area contributed by atoms with E-state index in [9.17, 15) is 14.4 Å². The highest BCUT2D eigenvalue weighted by molar-refractivity contribution is 6.15. The molecule has 0 radical (unpaired) electrons. The number of carbonyl (C=O) groups is 3. The number of hydrogen-bond donors (Lipinski definition) is 1. The molecule has 0 aliphatic carbocycles. The summed E-state index contributed by atoms with van der Waals surface area (Å²) in [5.41, 5.74) is 2.51. The van der Waals surface area contributed by atoms with Gasteiger partial charge in [-0.1, -0.05) is 55.0 Å². The number of nitrogens with one attached hydrogen (secondary N) is 1. The first-order valence-corrected chi connectivity index (χ1v) is 10.5. The Bertz CT molecular complexity index is 900. The number of amides is 2. The molecule has 2 aromatic carbocycles. The predicted octanol–water partition coefficient (Wildman–Crippen LogP) is 2.51. The van der Waals surface area contributed by atoms with E-state index in [2.05, 4.69) is 10.2 Å². The molecule has 6 nitrogen and oxygen atoms in total. The van der Waals surface area contributed by atoms with Crippen LogP contribution in [-0.4, -0.2) is 66.7 Å². The van der Waals surface area contributed by atoms with E-state index in [1.165, 1.54) is 0 Å². The number of ketones is 1. The Morgan fingerprint density at radius 1 is 0.900 bits per heavy atom. The lowest BCUT2D eigenvalue weighted by atomic mass is 9.97. The van der Waals surface area contributed by atoms with E-state index in [1.807, 2.05) is 26.0 Å². The number of piperazine rings is 1. The zero-order chi connectivity index (χ0) is 21.5.